The van der Waals surface area contributed by atoms with Crippen LogP contribution in [0, 0.1) is 11.3 Å². The minimum atomic E-state index is -0.136. The van der Waals surface area contributed by atoms with Gasteiger partial charge < -0.3 is 24.3 Å². The topological polar surface area (TPSA) is 56.3 Å². The van der Waals surface area contributed by atoms with Gasteiger partial charge in [0, 0.05) is 44.3 Å². The second kappa shape index (κ2) is 9.78. The summed E-state index contributed by atoms with van der Waals surface area (Å²) in [4.78, 5) is 34.0. The minimum Gasteiger partial charge on any atom is -0.450 e. The Kier molecular flexibility index (Phi) is 7.23. The second-order valence-electron chi connectivity index (χ2n) is 10.9. The molecule has 7 heteroatoms. The van der Waals surface area contributed by atoms with E-state index in [0.29, 0.717) is 30.0 Å². The summed E-state index contributed by atoms with van der Waals surface area (Å²) in [6.45, 7) is 14.4. The molecule has 32 heavy (non-hydrogen) atoms. The monoisotopic (exact) mass is 448 g/mol. The van der Waals surface area contributed by atoms with Crippen LogP contribution in [0.5, 0.6) is 0 Å². The standard InChI is InChI=1S/C25H44N4O3/c1-5-28(19(3)4)23(30)29-12-7-8-22(29)20-9-13-26(14-10-20)21-16-25(17-21)11-15-27(18-25)24(31)32-6-2/h19-22H,5-18H2,1-4H3. The molecule has 0 aromatic carbocycles. The molecule has 3 heterocycles. The number of ether oxygens (including phenoxy) is 1. The number of nitrogens with zero attached hydrogens (tertiary/aromatic N) is 4. The zero-order valence-electron chi connectivity index (χ0n) is 20.7. The van der Waals surface area contributed by atoms with Gasteiger partial charge in [-0.25, -0.2) is 9.59 Å². The molecule has 3 saturated heterocycles. The number of hydrogen-bond donors (Lipinski definition) is 0. The van der Waals surface area contributed by atoms with Crippen LogP contribution in [0.15, 0.2) is 0 Å². The molecule has 1 saturated carbocycles. The van der Waals surface area contributed by atoms with Crippen LogP contribution in [0.3, 0.4) is 0 Å². The lowest BCUT2D eigenvalue weighted by Gasteiger charge is -2.52. The molecule has 4 fully saturated rings. The van der Waals surface area contributed by atoms with Crippen LogP contribution in [0.1, 0.15) is 72.6 Å². The first-order valence-corrected chi connectivity index (χ1v) is 13.1. The summed E-state index contributed by atoms with van der Waals surface area (Å²) in [6, 6.07) is 1.62. The maximum Gasteiger partial charge on any atom is 0.409 e. The fourth-order valence-corrected chi connectivity index (χ4v) is 6.91. The second-order valence-corrected chi connectivity index (χ2v) is 10.9. The van der Waals surface area contributed by atoms with Crippen LogP contribution in [0.2, 0.25) is 0 Å². The summed E-state index contributed by atoms with van der Waals surface area (Å²) in [5, 5.41) is 0. The van der Waals surface area contributed by atoms with E-state index < -0.39 is 0 Å². The summed E-state index contributed by atoms with van der Waals surface area (Å²) in [5.74, 6) is 0.642. The van der Waals surface area contributed by atoms with Crippen molar-refractivity contribution in [2.75, 3.05) is 45.9 Å². The van der Waals surface area contributed by atoms with Crippen molar-refractivity contribution in [2.24, 2.45) is 11.3 Å². The molecule has 4 rings (SSSR count). The molecular formula is C25H44N4O3. The molecule has 1 atom stereocenters. The van der Waals surface area contributed by atoms with Gasteiger partial charge in [-0.3, -0.25) is 0 Å². The van der Waals surface area contributed by atoms with Crippen LogP contribution in [0.25, 0.3) is 0 Å². The summed E-state index contributed by atoms with van der Waals surface area (Å²) >= 11 is 0. The highest BCUT2D eigenvalue weighted by molar-refractivity contribution is 5.75. The predicted molar refractivity (Wildman–Crippen MR) is 126 cm³/mol. The van der Waals surface area contributed by atoms with Crippen molar-refractivity contribution in [2.45, 2.75) is 90.8 Å². The SMILES string of the molecule is CCOC(=O)N1CCC2(CC(N3CCC(C4CCCN4C(=O)N(CC)C(C)C)CC3)C2)C1. The fraction of sp³-hybridized carbons (Fsp3) is 0.920. The van der Waals surface area contributed by atoms with Gasteiger partial charge in [0.05, 0.1) is 6.61 Å². The molecule has 3 aliphatic heterocycles. The first-order valence-electron chi connectivity index (χ1n) is 13.1. The van der Waals surface area contributed by atoms with Crippen molar-refractivity contribution < 1.29 is 14.3 Å². The number of hydrogen-bond acceptors (Lipinski definition) is 4. The normalized spacial score (nSPS) is 31.4. The van der Waals surface area contributed by atoms with E-state index in [2.05, 4.69) is 30.6 Å². The molecule has 1 spiro atoms. The molecule has 7 nitrogen and oxygen atoms in total. The summed E-state index contributed by atoms with van der Waals surface area (Å²) < 4.78 is 5.20. The minimum absolute atomic E-state index is 0.136. The molecule has 0 N–H and O–H groups in total. The number of urea groups is 1. The van der Waals surface area contributed by atoms with E-state index in [4.69, 9.17) is 4.74 Å². The number of carbonyl (C=O) groups excluding carboxylic acids is 2. The number of likely N-dealkylation sites (tertiary alicyclic amines) is 3. The Morgan fingerprint density at radius 2 is 1.78 bits per heavy atom. The average molecular weight is 449 g/mol. The number of rotatable bonds is 5. The van der Waals surface area contributed by atoms with E-state index in [0.717, 1.165) is 52.1 Å². The van der Waals surface area contributed by atoms with Gasteiger partial charge in [-0.2, -0.15) is 0 Å². The summed E-state index contributed by atoms with van der Waals surface area (Å²) in [5.41, 5.74) is 0.337. The van der Waals surface area contributed by atoms with Crippen molar-refractivity contribution in [3.8, 4) is 0 Å². The molecule has 1 unspecified atom stereocenters. The van der Waals surface area contributed by atoms with Crippen molar-refractivity contribution in [3.63, 3.8) is 0 Å². The molecule has 0 aromatic heterocycles. The molecule has 1 aliphatic carbocycles. The first-order chi connectivity index (χ1) is 15.4. The lowest BCUT2D eigenvalue weighted by Crippen LogP contribution is -2.56. The van der Waals surface area contributed by atoms with Crippen molar-refractivity contribution in [3.05, 3.63) is 0 Å². The van der Waals surface area contributed by atoms with E-state index in [1.54, 1.807) is 0 Å². The first kappa shape index (κ1) is 23.7. The third-order valence-electron chi connectivity index (χ3n) is 8.69. The molecular weight excluding hydrogens is 404 g/mol. The maximum absolute atomic E-state index is 13.2. The Hall–Kier alpha value is -1.50. The Morgan fingerprint density at radius 1 is 1.06 bits per heavy atom. The Balaban J connectivity index is 1.25. The quantitative estimate of drug-likeness (QED) is 0.637. The fourth-order valence-electron chi connectivity index (χ4n) is 6.91. The molecule has 0 aromatic rings. The van der Waals surface area contributed by atoms with Gasteiger partial charge in [-0.05, 0) is 97.1 Å². The van der Waals surface area contributed by atoms with E-state index >= 15 is 0 Å². The number of carbonyl (C=O) groups is 2. The van der Waals surface area contributed by atoms with Gasteiger partial charge in [0.1, 0.15) is 0 Å². The largest absolute Gasteiger partial charge is 0.450 e. The van der Waals surface area contributed by atoms with Crippen molar-refractivity contribution >= 4 is 12.1 Å². The Bertz CT molecular complexity index is 670. The highest BCUT2D eigenvalue weighted by Gasteiger charge is 2.51. The van der Waals surface area contributed by atoms with Crippen LogP contribution in [0.4, 0.5) is 9.59 Å². The average Bonchev–Trinajstić information content (AvgIpc) is 3.41. The van der Waals surface area contributed by atoms with Crippen molar-refractivity contribution in [1.82, 2.24) is 19.6 Å². The summed E-state index contributed by atoms with van der Waals surface area (Å²) in [7, 11) is 0. The van der Waals surface area contributed by atoms with Gasteiger partial charge in [0.15, 0.2) is 0 Å². The molecule has 182 valence electrons. The maximum atomic E-state index is 13.2. The van der Waals surface area contributed by atoms with Crippen LogP contribution in [-0.4, -0.2) is 95.7 Å². The molecule has 0 radical (unpaired) electrons. The van der Waals surface area contributed by atoms with Gasteiger partial charge >= 0.3 is 12.1 Å². The molecule has 4 aliphatic rings. The van der Waals surface area contributed by atoms with E-state index in [1.807, 2.05) is 16.7 Å². The van der Waals surface area contributed by atoms with Crippen LogP contribution < -0.4 is 0 Å². The number of piperidine rings is 1. The Morgan fingerprint density at radius 3 is 2.41 bits per heavy atom. The van der Waals surface area contributed by atoms with E-state index in [9.17, 15) is 9.59 Å². The smallest absolute Gasteiger partial charge is 0.409 e. The molecule has 3 amide bonds. The molecule has 0 bridgehead atoms. The lowest BCUT2D eigenvalue weighted by molar-refractivity contribution is -0.0150. The van der Waals surface area contributed by atoms with Gasteiger partial charge in [-0.15, -0.1) is 0 Å². The van der Waals surface area contributed by atoms with Crippen LogP contribution >= 0.6 is 0 Å². The van der Waals surface area contributed by atoms with Crippen LogP contribution in [-0.2, 0) is 4.74 Å². The van der Waals surface area contributed by atoms with Gasteiger partial charge in [-0.1, -0.05) is 0 Å². The van der Waals surface area contributed by atoms with Gasteiger partial charge in [0.2, 0.25) is 0 Å². The Labute approximate surface area is 194 Å². The third-order valence-corrected chi connectivity index (χ3v) is 8.69. The highest BCUT2D eigenvalue weighted by Crippen LogP contribution is 2.51. The van der Waals surface area contributed by atoms with E-state index in [-0.39, 0.29) is 18.2 Å². The van der Waals surface area contributed by atoms with Crippen molar-refractivity contribution in [1.29, 1.82) is 0 Å². The summed E-state index contributed by atoms with van der Waals surface area (Å²) in [6.07, 6.45) is 8.17. The lowest BCUT2D eigenvalue weighted by atomic mass is 9.64. The third kappa shape index (κ3) is 4.59. The van der Waals surface area contributed by atoms with E-state index in [1.165, 1.54) is 32.1 Å². The highest BCUT2D eigenvalue weighted by atomic mass is 16.6. The van der Waals surface area contributed by atoms with Gasteiger partial charge in [0.25, 0.3) is 0 Å². The number of amides is 3. The zero-order chi connectivity index (χ0) is 22.9. The predicted octanol–water partition coefficient (Wildman–Crippen LogP) is 4.02. The zero-order valence-corrected chi connectivity index (χ0v) is 20.7.